The van der Waals surface area contributed by atoms with Gasteiger partial charge in [-0.05, 0) is 20.3 Å². The van der Waals surface area contributed by atoms with Crippen molar-refractivity contribution in [2.75, 3.05) is 38.2 Å². The van der Waals surface area contributed by atoms with E-state index in [1.807, 2.05) is 6.92 Å². The lowest BCUT2D eigenvalue weighted by Gasteiger charge is -2.37. The molecule has 1 aliphatic heterocycles. The SMILES string of the molecule is CCOCCCN1CC(CBr)OCC1C. The molecule has 1 fully saturated rings. The molecule has 0 radical (unpaired) electrons. The van der Waals surface area contributed by atoms with Gasteiger partial charge in [-0.25, -0.2) is 0 Å². The molecule has 0 bridgehead atoms. The van der Waals surface area contributed by atoms with Gasteiger partial charge in [0.2, 0.25) is 0 Å². The van der Waals surface area contributed by atoms with Crippen LogP contribution in [0.4, 0.5) is 0 Å². The lowest BCUT2D eigenvalue weighted by atomic mass is 10.2. The molecule has 1 saturated heterocycles. The number of hydrogen-bond acceptors (Lipinski definition) is 3. The number of halogens is 1. The number of alkyl halides is 1. The van der Waals surface area contributed by atoms with Crippen LogP contribution >= 0.6 is 15.9 Å². The van der Waals surface area contributed by atoms with Gasteiger partial charge in [0.1, 0.15) is 0 Å². The van der Waals surface area contributed by atoms with Crippen LogP contribution in [0.5, 0.6) is 0 Å². The van der Waals surface area contributed by atoms with Crippen LogP contribution in [0.2, 0.25) is 0 Å². The maximum atomic E-state index is 5.68. The van der Waals surface area contributed by atoms with E-state index in [9.17, 15) is 0 Å². The molecule has 4 heteroatoms. The smallest absolute Gasteiger partial charge is 0.0799 e. The normalized spacial score (nSPS) is 28.2. The molecule has 1 aliphatic rings. The van der Waals surface area contributed by atoms with Gasteiger partial charge >= 0.3 is 0 Å². The van der Waals surface area contributed by atoms with Crippen molar-refractivity contribution in [1.82, 2.24) is 4.90 Å². The maximum absolute atomic E-state index is 5.68. The molecule has 0 saturated carbocycles. The van der Waals surface area contributed by atoms with E-state index in [0.717, 1.165) is 44.7 Å². The first-order chi connectivity index (χ1) is 7.27. The molecule has 90 valence electrons. The van der Waals surface area contributed by atoms with Crippen molar-refractivity contribution in [3.63, 3.8) is 0 Å². The summed E-state index contributed by atoms with van der Waals surface area (Å²) in [5.41, 5.74) is 0. The van der Waals surface area contributed by atoms with E-state index in [1.54, 1.807) is 0 Å². The monoisotopic (exact) mass is 279 g/mol. The highest BCUT2D eigenvalue weighted by molar-refractivity contribution is 9.09. The molecule has 0 spiro atoms. The molecular weight excluding hydrogens is 258 g/mol. The molecule has 0 aromatic heterocycles. The van der Waals surface area contributed by atoms with Crippen LogP contribution in [0, 0.1) is 0 Å². The van der Waals surface area contributed by atoms with Crippen LogP contribution in [0.1, 0.15) is 20.3 Å². The molecule has 2 unspecified atom stereocenters. The minimum Gasteiger partial charge on any atom is -0.382 e. The average Bonchev–Trinajstić information content (AvgIpc) is 2.26. The summed E-state index contributed by atoms with van der Waals surface area (Å²) in [4.78, 5) is 2.49. The van der Waals surface area contributed by atoms with E-state index in [-0.39, 0.29) is 0 Å². The molecule has 1 heterocycles. The molecule has 0 aromatic carbocycles. The van der Waals surface area contributed by atoms with Crippen LogP contribution < -0.4 is 0 Å². The van der Waals surface area contributed by atoms with Gasteiger partial charge in [-0.15, -0.1) is 0 Å². The van der Waals surface area contributed by atoms with Crippen molar-refractivity contribution in [3.8, 4) is 0 Å². The fraction of sp³-hybridized carbons (Fsp3) is 1.00. The molecule has 0 N–H and O–H groups in total. The van der Waals surface area contributed by atoms with Crippen LogP contribution in [0.25, 0.3) is 0 Å². The highest BCUT2D eigenvalue weighted by atomic mass is 79.9. The molecule has 1 rings (SSSR count). The summed E-state index contributed by atoms with van der Waals surface area (Å²) in [7, 11) is 0. The molecule has 0 amide bonds. The van der Waals surface area contributed by atoms with Crippen molar-refractivity contribution < 1.29 is 9.47 Å². The standard InChI is InChI=1S/C11H22BrNO2/c1-3-14-6-4-5-13-8-11(7-12)15-9-10(13)2/h10-11H,3-9H2,1-2H3. The van der Waals surface area contributed by atoms with E-state index in [1.165, 1.54) is 0 Å². The summed E-state index contributed by atoms with van der Waals surface area (Å²) in [6.07, 6.45) is 1.47. The average molecular weight is 280 g/mol. The number of nitrogens with zero attached hydrogens (tertiary/aromatic N) is 1. The third kappa shape index (κ3) is 4.81. The number of rotatable bonds is 6. The zero-order valence-electron chi connectivity index (χ0n) is 9.75. The Kier molecular flexibility index (Phi) is 6.81. The van der Waals surface area contributed by atoms with Gasteiger partial charge in [-0.1, -0.05) is 15.9 Å². The maximum Gasteiger partial charge on any atom is 0.0799 e. The molecule has 0 aromatic rings. The highest BCUT2D eigenvalue weighted by Crippen LogP contribution is 2.13. The van der Waals surface area contributed by atoms with Gasteiger partial charge in [0.15, 0.2) is 0 Å². The van der Waals surface area contributed by atoms with E-state index in [4.69, 9.17) is 9.47 Å². The Hall–Kier alpha value is 0.360. The molecule has 0 aliphatic carbocycles. The fourth-order valence-corrected chi connectivity index (χ4v) is 2.19. The Bertz CT molecular complexity index is 169. The molecule has 2 atom stereocenters. The third-order valence-electron chi connectivity index (χ3n) is 2.74. The van der Waals surface area contributed by atoms with Gasteiger partial charge in [0.25, 0.3) is 0 Å². The van der Waals surface area contributed by atoms with E-state index in [2.05, 4.69) is 27.8 Å². The number of ether oxygens (including phenoxy) is 2. The van der Waals surface area contributed by atoms with Crippen molar-refractivity contribution in [1.29, 1.82) is 0 Å². The summed E-state index contributed by atoms with van der Waals surface area (Å²) in [6.45, 7) is 8.98. The summed E-state index contributed by atoms with van der Waals surface area (Å²) < 4.78 is 11.0. The minimum atomic E-state index is 0.355. The summed E-state index contributed by atoms with van der Waals surface area (Å²) in [5, 5.41) is 0.932. The topological polar surface area (TPSA) is 21.7 Å². The summed E-state index contributed by atoms with van der Waals surface area (Å²) in [6, 6.07) is 0.543. The summed E-state index contributed by atoms with van der Waals surface area (Å²) >= 11 is 3.48. The first-order valence-electron chi connectivity index (χ1n) is 5.77. The fourth-order valence-electron chi connectivity index (χ4n) is 1.79. The second-order valence-electron chi connectivity index (χ2n) is 4.00. The van der Waals surface area contributed by atoms with Crippen LogP contribution in [0.15, 0.2) is 0 Å². The van der Waals surface area contributed by atoms with Gasteiger partial charge in [-0.3, -0.25) is 4.90 Å². The van der Waals surface area contributed by atoms with Crippen molar-refractivity contribution in [3.05, 3.63) is 0 Å². The Labute approximate surface area is 101 Å². The zero-order valence-corrected chi connectivity index (χ0v) is 11.3. The predicted octanol–water partition coefficient (Wildman–Crippen LogP) is 1.90. The zero-order chi connectivity index (χ0) is 11.1. The Morgan fingerprint density at radius 1 is 1.53 bits per heavy atom. The van der Waals surface area contributed by atoms with E-state index in [0.29, 0.717) is 12.1 Å². The lowest BCUT2D eigenvalue weighted by molar-refractivity contribution is -0.0486. The summed E-state index contributed by atoms with van der Waals surface area (Å²) in [5.74, 6) is 0. The molecular formula is C11H22BrNO2. The third-order valence-corrected chi connectivity index (χ3v) is 3.47. The van der Waals surface area contributed by atoms with Gasteiger partial charge in [-0.2, -0.15) is 0 Å². The van der Waals surface area contributed by atoms with Crippen LogP contribution in [-0.2, 0) is 9.47 Å². The Morgan fingerprint density at radius 2 is 2.33 bits per heavy atom. The molecule has 3 nitrogen and oxygen atoms in total. The quantitative estimate of drug-likeness (QED) is 0.548. The number of morpholine rings is 1. The van der Waals surface area contributed by atoms with Crippen LogP contribution in [0.3, 0.4) is 0 Å². The second kappa shape index (κ2) is 7.60. The highest BCUT2D eigenvalue weighted by Gasteiger charge is 2.24. The van der Waals surface area contributed by atoms with Crippen LogP contribution in [-0.4, -0.2) is 55.3 Å². The van der Waals surface area contributed by atoms with Gasteiger partial charge < -0.3 is 9.47 Å². The first-order valence-corrected chi connectivity index (χ1v) is 6.89. The van der Waals surface area contributed by atoms with E-state index >= 15 is 0 Å². The Morgan fingerprint density at radius 3 is 3.00 bits per heavy atom. The second-order valence-corrected chi connectivity index (χ2v) is 4.65. The molecule has 15 heavy (non-hydrogen) atoms. The lowest BCUT2D eigenvalue weighted by Crippen LogP contribution is -2.49. The minimum absolute atomic E-state index is 0.355. The number of hydrogen-bond donors (Lipinski definition) is 0. The van der Waals surface area contributed by atoms with Gasteiger partial charge in [0, 0.05) is 37.7 Å². The Balaban J connectivity index is 2.19. The predicted molar refractivity (Wildman–Crippen MR) is 65.7 cm³/mol. The van der Waals surface area contributed by atoms with Crippen molar-refractivity contribution in [2.24, 2.45) is 0 Å². The van der Waals surface area contributed by atoms with Crippen molar-refractivity contribution in [2.45, 2.75) is 32.4 Å². The largest absolute Gasteiger partial charge is 0.382 e. The van der Waals surface area contributed by atoms with Crippen molar-refractivity contribution >= 4 is 15.9 Å². The van der Waals surface area contributed by atoms with Gasteiger partial charge in [0.05, 0.1) is 12.7 Å². The first kappa shape index (κ1) is 13.4. The van der Waals surface area contributed by atoms with E-state index < -0.39 is 0 Å².